The van der Waals surface area contributed by atoms with Crippen molar-refractivity contribution in [3.05, 3.63) is 18.0 Å². The largest absolute Gasteiger partial charge is 0.366 e. The Morgan fingerprint density at radius 3 is 2.94 bits per heavy atom. The van der Waals surface area contributed by atoms with Gasteiger partial charge in [-0.3, -0.25) is 0 Å². The van der Waals surface area contributed by atoms with E-state index in [2.05, 4.69) is 27.5 Å². The average Bonchev–Trinajstić information content (AvgIpc) is 2.87. The summed E-state index contributed by atoms with van der Waals surface area (Å²) in [6, 6.07) is 4.49. The van der Waals surface area contributed by atoms with E-state index in [4.69, 9.17) is 0 Å². The maximum absolute atomic E-state index is 4.50. The molecule has 1 saturated carbocycles. The maximum atomic E-state index is 4.50. The van der Waals surface area contributed by atoms with Crippen LogP contribution in [0.15, 0.2) is 12.1 Å². The third kappa shape index (κ3) is 1.97. The van der Waals surface area contributed by atoms with E-state index < -0.39 is 0 Å². The van der Waals surface area contributed by atoms with Crippen molar-refractivity contribution in [2.24, 2.45) is 5.92 Å². The van der Waals surface area contributed by atoms with E-state index in [1.54, 1.807) is 4.52 Å². The van der Waals surface area contributed by atoms with Crippen LogP contribution in [0, 0.1) is 12.8 Å². The topological polar surface area (TPSA) is 55.1 Å². The lowest BCUT2D eigenvalue weighted by atomic mass is 10.1. The van der Waals surface area contributed by atoms with Crippen LogP contribution in [0.1, 0.15) is 32.0 Å². The van der Waals surface area contributed by atoms with E-state index >= 15 is 0 Å². The first-order chi connectivity index (χ1) is 8.22. The van der Waals surface area contributed by atoms with Crippen LogP contribution >= 0.6 is 0 Å². The molecule has 5 nitrogen and oxygen atoms in total. The van der Waals surface area contributed by atoms with Gasteiger partial charge in [0.1, 0.15) is 5.82 Å². The highest BCUT2D eigenvalue weighted by atomic mass is 15.4. The van der Waals surface area contributed by atoms with Crippen LogP contribution < -0.4 is 5.32 Å². The zero-order valence-electron chi connectivity index (χ0n) is 10.2. The second-order valence-electron chi connectivity index (χ2n) is 5.00. The fraction of sp³-hybridized carbons (Fsp3) is 0.583. The van der Waals surface area contributed by atoms with Crippen LogP contribution in [0.3, 0.4) is 0 Å². The van der Waals surface area contributed by atoms with Gasteiger partial charge in [-0.15, -0.1) is 15.3 Å². The van der Waals surface area contributed by atoms with Gasteiger partial charge in [0.05, 0.1) is 0 Å². The summed E-state index contributed by atoms with van der Waals surface area (Å²) in [6.45, 7) is 4.22. The predicted molar refractivity (Wildman–Crippen MR) is 65.9 cm³/mol. The summed E-state index contributed by atoms with van der Waals surface area (Å²) in [7, 11) is 0. The molecule has 1 aliphatic rings. The normalized spacial score (nSPS) is 24.4. The summed E-state index contributed by atoms with van der Waals surface area (Å²) in [5.74, 6) is 2.57. The highest BCUT2D eigenvalue weighted by molar-refractivity contribution is 5.44. The van der Waals surface area contributed by atoms with Gasteiger partial charge in [-0.2, -0.15) is 4.52 Å². The van der Waals surface area contributed by atoms with E-state index in [1.165, 1.54) is 19.3 Å². The number of rotatable bonds is 2. The lowest BCUT2D eigenvalue weighted by molar-refractivity contribution is 0.602. The molecular formula is C12H17N5. The third-order valence-electron chi connectivity index (χ3n) is 3.47. The summed E-state index contributed by atoms with van der Waals surface area (Å²) in [5.41, 5.74) is 0.799. The molecule has 0 aromatic carbocycles. The molecule has 2 unspecified atom stereocenters. The first-order valence-electron chi connectivity index (χ1n) is 6.18. The number of aryl methyl sites for hydroxylation is 1. The van der Waals surface area contributed by atoms with Crippen molar-refractivity contribution in [2.45, 2.75) is 39.2 Å². The molecule has 17 heavy (non-hydrogen) atoms. The number of nitrogens with one attached hydrogen (secondary N) is 1. The zero-order chi connectivity index (χ0) is 11.8. The molecule has 0 radical (unpaired) electrons. The van der Waals surface area contributed by atoms with Crippen molar-refractivity contribution in [2.75, 3.05) is 5.32 Å². The minimum atomic E-state index is 0.562. The third-order valence-corrected chi connectivity index (χ3v) is 3.47. The number of hydrogen-bond acceptors (Lipinski definition) is 4. The number of fused-ring (bicyclic) bond motifs is 1. The summed E-state index contributed by atoms with van der Waals surface area (Å²) in [5, 5.41) is 16.0. The molecule has 0 bridgehead atoms. The zero-order valence-corrected chi connectivity index (χ0v) is 10.2. The van der Waals surface area contributed by atoms with Crippen molar-refractivity contribution in [3.8, 4) is 0 Å². The number of hydrogen-bond donors (Lipinski definition) is 1. The van der Waals surface area contributed by atoms with Crippen molar-refractivity contribution >= 4 is 11.5 Å². The molecule has 0 aliphatic heterocycles. The van der Waals surface area contributed by atoms with Crippen LogP contribution in [-0.4, -0.2) is 25.9 Å². The summed E-state index contributed by atoms with van der Waals surface area (Å²) >= 11 is 0. The van der Waals surface area contributed by atoms with Gasteiger partial charge >= 0.3 is 0 Å². The van der Waals surface area contributed by atoms with Crippen LogP contribution in [0.4, 0.5) is 5.82 Å². The van der Waals surface area contributed by atoms with Crippen LogP contribution in [0.5, 0.6) is 0 Å². The van der Waals surface area contributed by atoms with Gasteiger partial charge in [-0.1, -0.05) is 6.92 Å². The minimum Gasteiger partial charge on any atom is -0.366 e. The van der Waals surface area contributed by atoms with Crippen molar-refractivity contribution < 1.29 is 0 Å². The molecule has 1 fully saturated rings. The molecule has 5 heteroatoms. The first-order valence-corrected chi connectivity index (χ1v) is 6.18. The molecule has 0 saturated heterocycles. The Morgan fingerprint density at radius 2 is 2.18 bits per heavy atom. The van der Waals surface area contributed by atoms with Gasteiger partial charge in [-0.25, -0.2) is 0 Å². The van der Waals surface area contributed by atoms with E-state index in [9.17, 15) is 0 Å². The predicted octanol–water partition coefficient (Wildman–Crippen LogP) is 2.03. The molecule has 1 N–H and O–H groups in total. The molecule has 0 amide bonds. The van der Waals surface area contributed by atoms with Crippen molar-refractivity contribution in [3.63, 3.8) is 0 Å². The van der Waals surface area contributed by atoms with E-state index in [-0.39, 0.29) is 0 Å². The molecule has 0 spiro atoms. The first kappa shape index (κ1) is 10.5. The Bertz CT molecular complexity index is 533. The fourth-order valence-corrected chi connectivity index (χ4v) is 2.52. The van der Waals surface area contributed by atoms with Gasteiger partial charge in [0.25, 0.3) is 0 Å². The van der Waals surface area contributed by atoms with Gasteiger partial charge < -0.3 is 5.32 Å². The lowest BCUT2D eigenvalue weighted by Gasteiger charge is -2.12. The van der Waals surface area contributed by atoms with Crippen LogP contribution in [0.2, 0.25) is 0 Å². The van der Waals surface area contributed by atoms with Gasteiger partial charge in [-0.05, 0) is 44.2 Å². The Morgan fingerprint density at radius 1 is 1.29 bits per heavy atom. The molecule has 2 heterocycles. The SMILES string of the molecule is Cc1nnc2ccc(NC3CCC(C)C3)nn12. The molecule has 1 aliphatic carbocycles. The van der Waals surface area contributed by atoms with Gasteiger partial charge in [0.2, 0.25) is 0 Å². The second kappa shape index (κ2) is 3.98. The lowest BCUT2D eigenvalue weighted by Crippen LogP contribution is -2.17. The molecule has 2 aromatic rings. The van der Waals surface area contributed by atoms with E-state index in [0.29, 0.717) is 6.04 Å². The quantitative estimate of drug-likeness (QED) is 0.859. The maximum Gasteiger partial charge on any atom is 0.178 e. The standard InChI is InChI=1S/C12H17N5/c1-8-3-4-10(7-8)13-11-5-6-12-15-14-9(2)17(12)16-11/h5-6,8,10H,3-4,7H2,1-2H3,(H,13,16). The Hall–Kier alpha value is -1.65. The number of anilines is 1. The second-order valence-corrected chi connectivity index (χ2v) is 5.00. The highest BCUT2D eigenvalue weighted by Gasteiger charge is 2.21. The van der Waals surface area contributed by atoms with Crippen molar-refractivity contribution in [1.29, 1.82) is 0 Å². The summed E-state index contributed by atoms with van der Waals surface area (Å²) in [6.07, 6.45) is 3.79. The monoisotopic (exact) mass is 231 g/mol. The van der Waals surface area contributed by atoms with Crippen molar-refractivity contribution in [1.82, 2.24) is 19.8 Å². The Kier molecular flexibility index (Phi) is 2.46. The molecule has 2 aromatic heterocycles. The molecule has 90 valence electrons. The summed E-state index contributed by atoms with van der Waals surface area (Å²) < 4.78 is 1.78. The Labute approximate surface area is 100 Å². The highest BCUT2D eigenvalue weighted by Crippen LogP contribution is 2.26. The molecule has 2 atom stereocenters. The van der Waals surface area contributed by atoms with Gasteiger partial charge in [0.15, 0.2) is 11.5 Å². The molecule has 3 rings (SSSR count). The van der Waals surface area contributed by atoms with Gasteiger partial charge in [0, 0.05) is 6.04 Å². The van der Waals surface area contributed by atoms with E-state index in [0.717, 1.165) is 23.2 Å². The fourth-order valence-electron chi connectivity index (χ4n) is 2.52. The summed E-state index contributed by atoms with van der Waals surface area (Å²) in [4.78, 5) is 0. The Balaban J connectivity index is 1.83. The number of nitrogens with zero attached hydrogens (tertiary/aromatic N) is 4. The average molecular weight is 231 g/mol. The van der Waals surface area contributed by atoms with E-state index in [1.807, 2.05) is 19.1 Å². The minimum absolute atomic E-state index is 0.562. The smallest absolute Gasteiger partial charge is 0.178 e. The van der Waals surface area contributed by atoms with Crippen LogP contribution in [-0.2, 0) is 0 Å². The van der Waals surface area contributed by atoms with Crippen LogP contribution in [0.25, 0.3) is 5.65 Å². The number of aromatic nitrogens is 4. The molecular weight excluding hydrogens is 214 g/mol.